The van der Waals surface area contributed by atoms with E-state index in [1.165, 1.54) is 77.4 Å². The summed E-state index contributed by atoms with van der Waals surface area (Å²) in [6.45, 7) is 4.75. The summed E-state index contributed by atoms with van der Waals surface area (Å²) in [5.41, 5.74) is 19.5. The van der Waals surface area contributed by atoms with Crippen molar-refractivity contribution in [1.29, 1.82) is 0 Å². The Bertz CT molecular complexity index is 3140. The predicted molar refractivity (Wildman–Crippen MR) is 249 cm³/mol. The monoisotopic (exact) mass is 754 g/mol. The molecule has 0 radical (unpaired) electrons. The van der Waals surface area contributed by atoms with Crippen LogP contribution in [-0.2, 0) is 5.41 Å². The molecule has 0 bridgehead atoms. The van der Waals surface area contributed by atoms with Crippen LogP contribution in [0.4, 0.5) is 17.1 Å². The Morgan fingerprint density at radius 3 is 1.53 bits per heavy atom. The minimum absolute atomic E-state index is 0.171. The first kappa shape index (κ1) is 34.8. The lowest BCUT2D eigenvalue weighted by Crippen LogP contribution is -2.16. The molecule has 280 valence electrons. The van der Waals surface area contributed by atoms with Crippen LogP contribution in [0.15, 0.2) is 218 Å². The summed E-state index contributed by atoms with van der Waals surface area (Å²) in [6, 6.07) is 79.7. The van der Waals surface area contributed by atoms with E-state index in [1.54, 1.807) is 0 Å². The zero-order valence-electron chi connectivity index (χ0n) is 33.2. The Morgan fingerprint density at radius 2 is 0.847 bits per heavy atom. The fourth-order valence-corrected chi connectivity index (χ4v) is 9.46. The summed E-state index contributed by atoms with van der Waals surface area (Å²) >= 11 is 0. The molecule has 1 heterocycles. The number of rotatable bonds is 7. The van der Waals surface area contributed by atoms with Gasteiger partial charge in [-0.2, -0.15) is 0 Å². The number of para-hydroxylation sites is 2. The van der Waals surface area contributed by atoms with Crippen molar-refractivity contribution in [3.63, 3.8) is 0 Å². The van der Waals surface area contributed by atoms with E-state index >= 15 is 0 Å². The summed E-state index contributed by atoms with van der Waals surface area (Å²) in [6.07, 6.45) is 0. The molecule has 9 aromatic carbocycles. The molecule has 0 spiro atoms. The maximum absolute atomic E-state index is 2.43. The highest BCUT2D eigenvalue weighted by Gasteiger charge is 2.36. The highest BCUT2D eigenvalue weighted by molar-refractivity contribution is 6.15. The molecule has 0 aliphatic heterocycles. The molecule has 10 aromatic rings. The molecule has 2 heteroatoms. The Kier molecular flexibility index (Phi) is 8.20. The molecular weight excluding hydrogens is 713 g/mol. The lowest BCUT2D eigenvalue weighted by molar-refractivity contribution is 0.660. The summed E-state index contributed by atoms with van der Waals surface area (Å²) in [7, 11) is 0. The molecule has 1 aromatic heterocycles. The van der Waals surface area contributed by atoms with Crippen LogP contribution < -0.4 is 4.90 Å². The van der Waals surface area contributed by atoms with E-state index in [9.17, 15) is 0 Å². The third-order valence-corrected chi connectivity index (χ3v) is 12.4. The lowest BCUT2D eigenvalue weighted by atomic mass is 9.81. The topological polar surface area (TPSA) is 8.17 Å². The van der Waals surface area contributed by atoms with Crippen molar-refractivity contribution in [2.45, 2.75) is 19.3 Å². The van der Waals surface area contributed by atoms with Gasteiger partial charge in [-0.15, -0.1) is 0 Å². The van der Waals surface area contributed by atoms with Crippen LogP contribution in [0, 0.1) is 0 Å². The maximum atomic E-state index is 2.43. The molecular formula is C57H42N2. The zero-order valence-corrected chi connectivity index (χ0v) is 33.2. The molecule has 0 N–H and O–H groups in total. The van der Waals surface area contributed by atoms with Gasteiger partial charge in [0.2, 0.25) is 0 Å². The van der Waals surface area contributed by atoms with Crippen molar-refractivity contribution in [2.75, 3.05) is 4.90 Å². The summed E-state index contributed by atoms with van der Waals surface area (Å²) in [5.74, 6) is 0. The van der Waals surface area contributed by atoms with Crippen molar-refractivity contribution >= 4 is 38.9 Å². The highest BCUT2D eigenvalue weighted by atomic mass is 15.1. The van der Waals surface area contributed by atoms with E-state index in [0.717, 1.165) is 22.7 Å². The first-order valence-corrected chi connectivity index (χ1v) is 20.5. The minimum atomic E-state index is -0.171. The van der Waals surface area contributed by atoms with Gasteiger partial charge >= 0.3 is 0 Å². The van der Waals surface area contributed by atoms with Crippen LogP contribution in [0.5, 0.6) is 0 Å². The van der Waals surface area contributed by atoms with Crippen molar-refractivity contribution in [2.24, 2.45) is 0 Å². The molecule has 1 aliphatic carbocycles. The van der Waals surface area contributed by atoms with E-state index in [4.69, 9.17) is 0 Å². The maximum Gasteiger partial charge on any atom is 0.0547 e. The van der Waals surface area contributed by atoms with Gasteiger partial charge in [-0.1, -0.05) is 166 Å². The van der Waals surface area contributed by atoms with Crippen molar-refractivity contribution in [1.82, 2.24) is 4.57 Å². The number of benzene rings is 9. The van der Waals surface area contributed by atoms with Gasteiger partial charge in [0.1, 0.15) is 0 Å². The summed E-state index contributed by atoms with van der Waals surface area (Å²) in [5, 5.41) is 2.52. The van der Waals surface area contributed by atoms with Gasteiger partial charge in [-0.25, -0.2) is 0 Å². The number of aromatic nitrogens is 1. The average molecular weight is 755 g/mol. The molecule has 2 nitrogen and oxygen atoms in total. The van der Waals surface area contributed by atoms with E-state index < -0.39 is 0 Å². The van der Waals surface area contributed by atoms with Crippen LogP contribution in [0.2, 0.25) is 0 Å². The normalized spacial score (nSPS) is 12.7. The second-order valence-electron chi connectivity index (χ2n) is 16.2. The van der Waals surface area contributed by atoms with Crippen molar-refractivity contribution in [3.8, 4) is 50.2 Å². The third-order valence-electron chi connectivity index (χ3n) is 12.4. The lowest BCUT2D eigenvalue weighted by Gasteiger charge is -2.28. The largest absolute Gasteiger partial charge is 0.310 e. The number of nitrogens with zero attached hydrogens (tertiary/aromatic N) is 2. The third kappa shape index (κ3) is 5.79. The van der Waals surface area contributed by atoms with Gasteiger partial charge in [-0.3, -0.25) is 0 Å². The molecule has 0 atom stereocenters. The Balaban J connectivity index is 1.03. The summed E-state index contributed by atoms with van der Waals surface area (Å²) < 4.78 is 2.39. The van der Waals surface area contributed by atoms with Crippen LogP contribution in [-0.4, -0.2) is 4.57 Å². The van der Waals surface area contributed by atoms with Crippen LogP contribution >= 0.6 is 0 Å². The summed E-state index contributed by atoms with van der Waals surface area (Å²) in [4.78, 5) is 2.41. The van der Waals surface area contributed by atoms with Gasteiger partial charge in [0.15, 0.2) is 0 Å². The van der Waals surface area contributed by atoms with Gasteiger partial charge in [0.25, 0.3) is 0 Å². The predicted octanol–water partition coefficient (Wildman–Crippen LogP) is 15.6. The fourth-order valence-electron chi connectivity index (χ4n) is 9.46. The Hall–Kier alpha value is -7.42. The van der Waals surface area contributed by atoms with E-state index in [2.05, 4.69) is 242 Å². The van der Waals surface area contributed by atoms with Gasteiger partial charge in [0, 0.05) is 38.9 Å². The van der Waals surface area contributed by atoms with Gasteiger partial charge < -0.3 is 9.47 Å². The first-order chi connectivity index (χ1) is 29.0. The molecule has 0 saturated carbocycles. The van der Waals surface area contributed by atoms with E-state index in [0.29, 0.717) is 0 Å². The second-order valence-corrected chi connectivity index (χ2v) is 16.2. The highest BCUT2D eigenvalue weighted by Crippen LogP contribution is 2.52. The van der Waals surface area contributed by atoms with E-state index in [-0.39, 0.29) is 5.41 Å². The second kappa shape index (κ2) is 13.9. The molecule has 0 saturated heterocycles. The number of hydrogen-bond acceptors (Lipinski definition) is 1. The quantitative estimate of drug-likeness (QED) is 0.157. The van der Waals surface area contributed by atoms with Crippen LogP contribution in [0.25, 0.3) is 72.0 Å². The van der Waals surface area contributed by atoms with Crippen LogP contribution in [0.3, 0.4) is 0 Å². The molecule has 0 amide bonds. The Morgan fingerprint density at radius 1 is 0.356 bits per heavy atom. The standard InChI is InChI=1S/C57H42N2/c1-57(2)52-37-43(40-17-8-4-9-18-40)29-35-49(52)50-36-34-47(38-53(50)57)58(45-30-25-41(26-31-45)39-15-6-3-7-16-39)46-32-27-42(28-33-46)48-22-14-24-55-56(48)51-21-12-13-23-54(51)59(55)44-19-10-5-11-20-44/h3-38H,1-2H3. The van der Waals surface area contributed by atoms with Crippen LogP contribution in [0.1, 0.15) is 25.0 Å². The molecule has 59 heavy (non-hydrogen) atoms. The van der Waals surface area contributed by atoms with Gasteiger partial charge in [0.05, 0.1) is 11.0 Å². The number of anilines is 3. The minimum Gasteiger partial charge on any atom is -0.310 e. The zero-order chi connectivity index (χ0) is 39.5. The smallest absolute Gasteiger partial charge is 0.0547 e. The number of hydrogen-bond donors (Lipinski definition) is 0. The molecule has 11 rings (SSSR count). The van der Waals surface area contributed by atoms with Crippen molar-refractivity contribution in [3.05, 3.63) is 230 Å². The SMILES string of the molecule is CC1(C)c2cc(-c3ccccc3)ccc2-c2ccc(N(c3ccc(-c4ccccc4)cc3)c3ccc(-c4cccc5c4c4ccccc4n5-c4ccccc4)cc3)cc21. The molecule has 0 fully saturated rings. The fraction of sp³-hybridized carbons (Fsp3) is 0.0526. The van der Waals surface area contributed by atoms with Crippen molar-refractivity contribution < 1.29 is 0 Å². The first-order valence-electron chi connectivity index (χ1n) is 20.5. The molecule has 1 aliphatic rings. The van der Waals surface area contributed by atoms with E-state index in [1.807, 2.05) is 0 Å². The molecule has 0 unspecified atom stereocenters. The average Bonchev–Trinajstić information content (AvgIpc) is 3.76. The van der Waals surface area contributed by atoms with Gasteiger partial charge in [-0.05, 0) is 122 Å². The Labute approximate surface area is 345 Å². The number of fused-ring (bicyclic) bond motifs is 6.